The molecule has 1 fully saturated rings. The monoisotopic (exact) mass is 793 g/mol. The Balaban J connectivity index is 1.27. The molecule has 6 N–H and O–H groups in total. The highest BCUT2D eigenvalue weighted by Gasteiger charge is 2.72. The molecule has 2 aromatic carbocycles. The summed E-state index contributed by atoms with van der Waals surface area (Å²) >= 11 is 0. The van der Waals surface area contributed by atoms with Gasteiger partial charge in [-0.1, -0.05) is 6.07 Å². The molecule has 18 heteroatoms. The number of aromatic hydroxyl groups is 2. The second-order valence-electron chi connectivity index (χ2n) is 14.4. The maximum atomic E-state index is 14.7. The van der Waals surface area contributed by atoms with Gasteiger partial charge >= 0.3 is 5.97 Å². The predicted octanol–water partition coefficient (Wildman–Crippen LogP) is -0.00968. The molecule has 2 heterocycles. The molecule has 0 radical (unpaired) electrons. The average Bonchev–Trinajstić information content (AvgIpc) is 3.15. The van der Waals surface area contributed by atoms with Gasteiger partial charge in [0.25, 0.3) is 0 Å². The minimum atomic E-state index is -3.27. The minimum absolute atomic E-state index is 0.0237. The zero-order valence-corrected chi connectivity index (χ0v) is 31.3. The number of ketones is 5. The lowest BCUT2D eigenvalue weighted by Crippen LogP contribution is -2.73. The number of hydrogen-bond acceptors (Lipinski definition) is 18. The van der Waals surface area contributed by atoms with Crippen LogP contribution in [0.1, 0.15) is 82.3 Å². The quantitative estimate of drug-likeness (QED) is 0.201. The van der Waals surface area contributed by atoms with Gasteiger partial charge in [-0.25, -0.2) is 4.79 Å². The van der Waals surface area contributed by atoms with Gasteiger partial charge in [-0.3, -0.25) is 24.0 Å². The number of benzene rings is 2. The lowest BCUT2D eigenvalue weighted by molar-refractivity contribution is -0.275. The molecule has 18 nitrogen and oxygen atoms in total. The van der Waals surface area contributed by atoms with E-state index < -0.39 is 146 Å². The number of aryl methyl sites for hydroxylation is 1. The first-order valence-corrected chi connectivity index (χ1v) is 17.7. The molecular weight excluding hydrogens is 754 g/mol. The summed E-state index contributed by atoms with van der Waals surface area (Å²) in [6.07, 6.45) is -6.70. The van der Waals surface area contributed by atoms with E-state index in [2.05, 4.69) is 5.32 Å². The van der Waals surface area contributed by atoms with E-state index in [0.29, 0.717) is 0 Å². The number of esters is 1. The minimum Gasteiger partial charge on any atom is -0.507 e. The molecule has 1 unspecified atom stereocenters. The smallest absolute Gasteiger partial charge is 0.341 e. The molecule has 302 valence electrons. The number of fused-ring (bicyclic) bond motifs is 5. The summed E-state index contributed by atoms with van der Waals surface area (Å²) in [5.74, 6) is -8.15. The van der Waals surface area contributed by atoms with Gasteiger partial charge in [0.1, 0.15) is 41.5 Å². The van der Waals surface area contributed by atoms with Crippen LogP contribution in [0, 0.1) is 6.92 Å². The van der Waals surface area contributed by atoms with Crippen molar-refractivity contribution in [2.24, 2.45) is 0 Å². The van der Waals surface area contributed by atoms with Crippen molar-refractivity contribution in [3.05, 3.63) is 80.6 Å². The molecule has 1 saturated heterocycles. The van der Waals surface area contributed by atoms with Crippen molar-refractivity contribution < 1.29 is 82.7 Å². The Bertz CT molecular complexity index is 2230. The van der Waals surface area contributed by atoms with Crippen LogP contribution >= 0.6 is 0 Å². The predicted molar refractivity (Wildman–Crippen MR) is 189 cm³/mol. The van der Waals surface area contributed by atoms with Crippen LogP contribution in [-0.4, -0.2) is 136 Å². The number of aliphatic hydroxyl groups is 3. The fourth-order valence-electron chi connectivity index (χ4n) is 8.56. The highest BCUT2D eigenvalue weighted by atomic mass is 16.7. The fraction of sp³-hybridized carbons (Fsp3) is 0.436. The SMILES string of the molecule is COC(=O)c1c(C)cc2c(c1O)[C@]1(O)C(=O)c3cc4c(c(O)c3C(=O)[C@]1(OC)[C@H](O)C2)C(=O)C=C(NC1O[C@@H](C)[C@H](O[C@@H]2C=CC(=O)[C@H](C)O2)[C@@H](O)[C@H]1OC)C4=O. The van der Waals surface area contributed by atoms with Crippen molar-refractivity contribution in [3.63, 3.8) is 0 Å². The molecule has 5 aliphatic rings. The first-order valence-electron chi connectivity index (χ1n) is 17.7. The molecule has 0 amide bonds. The molecule has 0 spiro atoms. The Kier molecular flexibility index (Phi) is 9.85. The molecular formula is C39H39NO17. The third kappa shape index (κ3) is 5.54. The van der Waals surface area contributed by atoms with E-state index in [1.165, 1.54) is 39.2 Å². The van der Waals surface area contributed by atoms with Crippen molar-refractivity contribution in [2.75, 3.05) is 21.3 Å². The third-order valence-corrected chi connectivity index (χ3v) is 11.3. The molecule has 2 aromatic rings. The van der Waals surface area contributed by atoms with E-state index in [9.17, 15) is 54.3 Å². The van der Waals surface area contributed by atoms with E-state index in [1.807, 2.05) is 0 Å². The number of ether oxygens (including phenoxy) is 6. The van der Waals surface area contributed by atoms with E-state index in [-0.39, 0.29) is 16.9 Å². The fourth-order valence-corrected chi connectivity index (χ4v) is 8.56. The van der Waals surface area contributed by atoms with Crippen molar-refractivity contribution >= 4 is 34.9 Å². The van der Waals surface area contributed by atoms with E-state index in [1.54, 1.807) is 6.92 Å². The maximum Gasteiger partial charge on any atom is 0.341 e. The standard InChI is InChI=1S/C39H39NO17/c1-13-9-16-10-22(43)39(54-6)35(49)26-18(34(48)38(39,51)27(16)30(46)24(13)37(50)53-5)11-17-25(29(26)45)21(42)12-19(28(17)44)40-36-33(52-4)31(47)32(15(3)56-36)57-23-8-7-20(41)14(2)55-23/h7-9,11-12,14-15,22-23,31-33,36,40,43,45-47,51H,10H2,1-6H3/t14-,15-,22+,23+,31+,32-,33+,36?,38-,39+/m0/s1. The number of phenolic OH excluding ortho intramolecular Hbond substituents is 2. The summed E-state index contributed by atoms with van der Waals surface area (Å²) in [5.41, 5.74) is -10.5. The van der Waals surface area contributed by atoms with Gasteiger partial charge < -0.3 is 59.3 Å². The van der Waals surface area contributed by atoms with E-state index in [0.717, 1.165) is 26.4 Å². The van der Waals surface area contributed by atoms with Gasteiger partial charge in [-0.2, -0.15) is 0 Å². The summed E-state index contributed by atoms with van der Waals surface area (Å²) in [5, 5.41) is 61.1. The second kappa shape index (κ2) is 14.0. The van der Waals surface area contributed by atoms with Crippen LogP contribution in [0.25, 0.3) is 0 Å². The van der Waals surface area contributed by atoms with Crippen LogP contribution in [0.15, 0.2) is 36.1 Å². The summed E-state index contributed by atoms with van der Waals surface area (Å²) < 4.78 is 33.2. The summed E-state index contributed by atoms with van der Waals surface area (Å²) in [7, 11) is 3.19. The van der Waals surface area contributed by atoms with Crippen LogP contribution < -0.4 is 5.32 Å². The van der Waals surface area contributed by atoms with Crippen LogP contribution in [0.2, 0.25) is 0 Å². The second-order valence-corrected chi connectivity index (χ2v) is 14.4. The summed E-state index contributed by atoms with van der Waals surface area (Å²) in [4.78, 5) is 81.6. The van der Waals surface area contributed by atoms with Crippen molar-refractivity contribution in [1.82, 2.24) is 5.32 Å². The molecule has 2 aliphatic heterocycles. The molecule has 10 atom stereocenters. The molecule has 0 saturated carbocycles. The van der Waals surface area contributed by atoms with Crippen LogP contribution in [0.3, 0.4) is 0 Å². The number of methoxy groups -OCH3 is 3. The zero-order chi connectivity index (χ0) is 41.6. The molecule has 57 heavy (non-hydrogen) atoms. The zero-order valence-electron chi connectivity index (χ0n) is 31.3. The number of phenols is 2. The Morgan fingerprint density at radius 2 is 1.63 bits per heavy atom. The van der Waals surface area contributed by atoms with E-state index in [4.69, 9.17) is 28.4 Å². The number of carbonyl (C=O) groups excluding carboxylic acids is 6. The number of rotatable bonds is 7. The number of nitrogens with one attached hydrogen (secondary N) is 1. The highest BCUT2D eigenvalue weighted by molar-refractivity contribution is 6.31. The Morgan fingerprint density at radius 1 is 0.930 bits per heavy atom. The van der Waals surface area contributed by atoms with Gasteiger partial charge in [0.2, 0.25) is 17.3 Å². The Morgan fingerprint density at radius 3 is 2.26 bits per heavy atom. The lowest BCUT2D eigenvalue weighted by atomic mass is 9.56. The highest BCUT2D eigenvalue weighted by Crippen LogP contribution is 2.56. The van der Waals surface area contributed by atoms with Crippen LogP contribution in [-0.2, 0) is 45.2 Å². The Hall–Kier alpha value is -5.18. The normalized spacial score (nSPS) is 33.2. The lowest BCUT2D eigenvalue weighted by Gasteiger charge is -2.52. The number of aliphatic hydroxyl groups excluding tert-OH is 2. The average molecular weight is 794 g/mol. The summed E-state index contributed by atoms with van der Waals surface area (Å²) in [6.45, 7) is 4.53. The number of allylic oxidation sites excluding steroid dienone is 2. The third-order valence-electron chi connectivity index (χ3n) is 11.3. The molecule has 3 aliphatic carbocycles. The van der Waals surface area contributed by atoms with Gasteiger partial charge in [-0.05, 0) is 50.1 Å². The van der Waals surface area contributed by atoms with Gasteiger partial charge in [-0.15, -0.1) is 0 Å². The molecule has 0 bridgehead atoms. The number of carbonyl (C=O) groups is 6. The number of Topliss-reactive ketones (excluding diaryl/α,β-unsaturated/α-hetero) is 3. The van der Waals surface area contributed by atoms with Crippen molar-refractivity contribution in [2.45, 2.75) is 87.5 Å². The topological polar surface area (TPSA) is 271 Å². The van der Waals surface area contributed by atoms with Gasteiger partial charge in [0.15, 0.2) is 35.3 Å². The van der Waals surface area contributed by atoms with Crippen LogP contribution in [0.4, 0.5) is 0 Å². The van der Waals surface area contributed by atoms with Crippen molar-refractivity contribution in [3.8, 4) is 11.5 Å². The first kappa shape index (κ1) is 40.0. The first-order chi connectivity index (χ1) is 26.9. The van der Waals surface area contributed by atoms with Crippen molar-refractivity contribution in [1.29, 1.82) is 0 Å². The van der Waals surface area contributed by atoms with Gasteiger partial charge in [0, 0.05) is 43.4 Å². The molecule has 0 aromatic heterocycles. The van der Waals surface area contributed by atoms with E-state index >= 15 is 0 Å². The maximum absolute atomic E-state index is 14.7. The largest absolute Gasteiger partial charge is 0.507 e. The summed E-state index contributed by atoms with van der Waals surface area (Å²) in [6, 6.07) is 2.14. The van der Waals surface area contributed by atoms with Gasteiger partial charge in [0.05, 0.1) is 36.1 Å². The van der Waals surface area contributed by atoms with Crippen LogP contribution in [0.5, 0.6) is 11.5 Å². The number of hydrogen-bond donors (Lipinski definition) is 6. The molecule has 7 rings (SSSR count). The Labute approximate surface area is 323 Å².